The molecule has 1 N–H and O–H groups in total. The van der Waals surface area contributed by atoms with Gasteiger partial charge < -0.3 is 5.32 Å². The van der Waals surface area contributed by atoms with Gasteiger partial charge in [-0.3, -0.25) is 4.68 Å². The Bertz CT molecular complexity index is 314. The molecule has 0 saturated carbocycles. The minimum atomic E-state index is 0.792. The number of anilines is 1. The quantitative estimate of drug-likeness (QED) is 0.742. The molecule has 1 heterocycles. The third-order valence-corrected chi connectivity index (χ3v) is 2.68. The zero-order valence-electron chi connectivity index (χ0n) is 8.61. The van der Waals surface area contributed by atoms with Crippen molar-refractivity contribution in [2.24, 2.45) is 13.0 Å². The molecule has 1 aliphatic carbocycles. The third-order valence-electron chi connectivity index (χ3n) is 2.68. The van der Waals surface area contributed by atoms with Crippen molar-refractivity contribution < 1.29 is 0 Å². The monoisotopic (exact) mass is 191 g/mol. The van der Waals surface area contributed by atoms with Crippen molar-refractivity contribution in [2.75, 3.05) is 11.9 Å². The first kappa shape index (κ1) is 9.31. The number of rotatable bonds is 3. The van der Waals surface area contributed by atoms with Gasteiger partial charge in [-0.2, -0.15) is 5.10 Å². The average Bonchev–Trinajstić information content (AvgIpc) is 2.63. The van der Waals surface area contributed by atoms with Crippen LogP contribution in [0.2, 0.25) is 0 Å². The maximum absolute atomic E-state index is 4.12. The number of aryl methyl sites for hydroxylation is 1. The molecule has 1 aromatic rings. The fourth-order valence-corrected chi connectivity index (χ4v) is 1.82. The van der Waals surface area contributed by atoms with Crippen molar-refractivity contribution >= 4 is 5.69 Å². The molecule has 0 unspecified atom stereocenters. The Morgan fingerprint density at radius 2 is 2.50 bits per heavy atom. The van der Waals surface area contributed by atoms with Crippen LogP contribution < -0.4 is 5.32 Å². The summed E-state index contributed by atoms with van der Waals surface area (Å²) in [5.41, 5.74) is 1.13. The van der Waals surface area contributed by atoms with E-state index in [1.807, 2.05) is 24.1 Å². The number of hydrogen-bond donors (Lipinski definition) is 1. The summed E-state index contributed by atoms with van der Waals surface area (Å²) in [6, 6.07) is 0. The highest BCUT2D eigenvalue weighted by Crippen LogP contribution is 2.18. The molecular weight excluding hydrogens is 174 g/mol. The molecule has 0 aromatic carbocycles. The van der Waals surface area contributed by atoms with Crippen LogP contribution in [0.15, 0.2) is 24.5 Å². The fraction of sp³-hybridized carbons (Fsp3) is 0.545. The van der Waals surface area contributed by atoms with Gasteiger partial charge in [-0.05, 0) is 25.2 Å². The van der Waals surface area contributed by atoms with Crippen LogP contribution in [0.4, 0.5) is 5.69 Å². The number of hydrogen-bond acceptors (Lipinski definition) is 2. The molecular formula is C11H17N3. The van der Waals surface area contributed by atoms with Crippen molar-refractivity contribution in [2.45, 2.75) is 19.3 Å². The van der Waals surface area contributed by atoms with Gasteiger partial charge in [0.2, 0.25) is 0 Å². The first-order valence-corrected chi connectivity index (χ1v) is 5.22. The molecule has 0 amide bonds. The fourth-order valence-electron chi connectivity index (χ4n) is 1.82. The van der Waals surface area contributed by atoms with E-state index in [1.54, 1.807) is 0 Å². The van der Waals surface area contributed by atoms with Crippen LogP contribution in [-0.4, -0.2) is 16.3 Å². The maximum Gasteiger partial charge on any atom is 0.0726 e. The number of aromatic nitrogens is 2. The summed E-state index contributed by atoms with van der Waals surface area (Å²) >= 11 is 0. The molecule has 14 heavy (non-hydrogen) atoms. The second kappa shape index (κ2) is 4.31. The third kappa shape index (κ3) is 2.37. The van der Waals surface area contributed by atoms with Crippen molar-refractivity contribution in [1.29, 1.82) is 0 Å². The molecule has 0 bridgehead atoms. The van der Waals surface area contributed by atoms with Gasteiger partial charge in [-0.15, -0.1) is 0 Å². The lowest BCUT2D eigenvalue weighted by Gasteiger charge is -2.17. The summed E-state index contributed by atoms with van der Waals surface area (Å²) in [6.07, 6.45) is 12.2. The van der Waals surface area contributed by atoms with E-state index in [1.165, 1.54) is 19.3 Å². The largest absolute Gasteiger partial charge is 0.382 e. The zero-order chi connectivity index (χ0) is 9.80. The summed E-state index contributed by atoms with van der Waals surface area (Å²) in [5.74, 6) is 0.792. The van der Waals surface area contributed by atoms with Crippen LogP contribution in [0.5, 0.6) is 0 Å². The highest BCUT2D eigenvalue weighted by Gasteiger charge is 2.09. The van der Waals surface area contributed by atoms with E-state index in [9.17, 15) is 0 Å². The molecule has 0 fully saturated rings. The highest BCUT2D eigenvalue weighted by molar-refractivity contribution is 5.37. The lowest BCUT2D eigenvalue weighted by atomic mass is 9.94. The van der Waals surface area contributed by atoms with Crippen LogP contribution in [0.25, 0.3) is 0 Å². The van der Waals surface area contributed by atoms with Crippen LogP contribution in [0.3, 0.4) is 0 Å². The Morgan fingerprint density at radius 1 is 1.57 bits per heavy atom. The topological polar surface area (TPSA) is 29.9 Å². The molecule has 3 heteroatoms. The van der Waals surface area contributed by atoms with Crippen LogP contribution in [0.1, 0.15) is 19.3 Å². The van der Waals surface area contributed by atoms with E-state index in [0.717, 1.165) is 18.2 Å². The summed E-state index contributed by atoms with van der Waals surface area (Å²) in [5, 5.41) is 7.54. The predicted octanol–water partition coefficient (Wildman–Crippen LogP) is 2.19. The molecule has 0 saturated heterocycles. The van der Waals surface area contributed by atoms with Crippen molar-refractivity contribution in [3.05, 3.63) is 24.5 Å². The van der Waals surface area contributed by atoms with E-state index in [2.05, 4.69) is 22.6 Å². The van der Waals surface area contributed by atoms with Crippen LogP contribution in [-0.2, 0) is 7.05 Å². The first-order chi connectivity index (χ1) is 6.84. The Hall–Kier alpha value is -1.25. The van der Waals surface area contributed by atoms with Gasteiger partial charge in [0.1, 0.15) is 0 Å². The molecule has 0 aliphatic heterocycles. The molecule has 0 radical (unpaired) electrons. The molecule has 0 spiro atoms. The zero-order valence-corrected chi connectivity index (χ0v) is 8.61. The van der Waals surface area contributed by atoms with E-state index in [4.69, 9.17) is 0 Å². The number of nitrogens with zero attached hydrogens (tertiary/aromatic N) is 2. The highest BCUT2D eigenvalue weighted by atomic mass is 15.3. The summed E-state index contributed by atoms with van der Waals surface area (Å²) < 4.78 is 1.82. The summed E-state index contributed by atoms with van der Waals surface area (Å²) in [6.45, 7) is 1.07. The molecule has 3 nitrogen and oxygen atoms in total. The summed E-state index contributed by atoms with van der Waals surface area (Å²) in [4.78, 5) is 0. The molecule has 1 aromatic heterocycles. The Morgan fingerprint density at radius 3 is 3.14 bits per heavy atom. The van der Waals surface area contributed by atoms with Gasteiger partial charge in [-0.1, -0.05) is 12.2 Å². The van der Waals surface area contributed by atoms with E-state index < -0.39 is 0 Å². The second-order valence-electron chi connectivity index (χ2n) is 3.93. The number of allylic oxidation sites excluding steroid dienone is 2. The van der Waals surface area contributed by atoms with Crippen molar-refractivity contribution in [3.63, 3.8) is 0 Å². The standard InChI is InChI=1S/C11H17N3/c1-14-9-11(8-13-14)12-7-10-5-3-2-4-6-10/h2-3,8-10,12H,4-7H2,1H3/t10-/m0/s1. The lowest BCUT2D eigenvalue weighted by molar-refractivity contribution is 0.504. The van der Waals surface area contributed by atoms with Gasteiger partial charge in [0.25, 0.3) is 0 Å². The lowest BCUT2D eigenvalue weighted by Crippen LogP contribution is -2.14. The average molecular weight is 191 g/mol. The maximum atomic E-state index is 4.12. The normalized spacial score (nSPS) is 21.1. The molecule has 1 aliphatic rings. The SMILES string of the molecule is Cn1cc(NC[C@H]2CC=CCC2)cn1. The van der Waals surface area contributed by atoms with E-state index in [-0.39, 0.29) is 0 Å². The van der Waals surface area contributed by atoms with Gasteiger partial charge in [0, 0.05) is 19.8 Å². The molecule has 76 valence electrons. The van der Waals surface area contributed by atoms with Crippen LogP contribution in [0, 0.1) is 5.92 Å². The molecule has 2 rings (SSSR count). The Balaban J connectivity index is 1.79. The van der Waals surface area contributed by atoms with Gasteiger partial charge >= 0.3 is 0 Å². The van der Waals surface area contributed by atoms with E-state index >= 15 is 0 Å². The minimum Gasteiger partial charge on any atom is -0.382 e. The van der Waals surface area contributed by atoms with Crippen molar-refractivity contribution in [3.8, 4) is 0 Å². The van der Waals surface area contributed by atoms with Crippen LogP contribution >= 0.6 is 0 Å². The molecule has 1 atom stereocenters. The Kier molecular flexibility index (Phi) is 2.87. The van der Waals surface area contributed by atoms with Gasteiger partial charge in [-0.25, -0.2) is 0 Å². The van der Waals surface area contributed by atoms with Gasteiger partial charge in [0.15, 0.2) is 0 Å². The van der Waals surface area contributed by atoms with Crippen molar-refractivity contribution in [1.82, 2.24) is 9.78 Å². The predicted molar refractivity (Wildman–Crippen MR) is 58.2 cm³/mol. The van der Waals surface area contributed by atoms with E-state index in [0.29, 0.717) is 0 Å². The Labute approximate surface area is 84.8 Å². The van der Waals surface area contributed by atoms with Gasteiger partial charge in [0.05, 0.1) is 11.9 Å². The number of nitrogens with one attached hydrogen (secondary N) is 1. The first-order valence-electron chi connectivity index (χ1n) is 5.22. The second-order valence-corrected chi connectivity index (χ2v) is 3.93. The minimum absolute atomic E-state index is 0.792. The smallest absolute Gasteiger partial charge is 0.0726 e. The summed E-state index contributed by atoms with van der Waals surface area (Å²) in [7, 11) is 1.94.